The number of thiazole rings is 1. The van der Waals surface area contributed by atoms with E-state index in [-0.39, 0.29) is 17.0 Å². The molecule has 8 heteroatoms. The van der Waals surface area contributed by atoms with Crippen LogP contribution in [0.3, 0.4) is 0 Å². The Hall–Kier alpha value is -3.94. The molecule has 0 saturated heterocycles. The summed E-state index contributed by atoms with van der Waals surface area (Å²) in [4.78, 5) is 23.7. The van der Waals surface area contributed by atoms with Gasteiger partial charge in [-0.1, -0.05) is 47.5 Å². The highest BCUT2D eigenvalue weighted by Gasteiger charge is 2.17. The number of hydrogen-bond acceptors (Lipinski definition) is 6. The van der Waals surface area contributed by atoms with Crippen LogP contribution in [0.2, 0.25) is 5.02 Å². The van der Waals surface area contributed by atoms with E-state index in [1.165, 1.54) is 16.9 Å². The molecule has 180 valence electrons. The number of benzene rings is 3. The van der Waals surface area contributed by atoms with Gasteiger partial charge in [-0.05, 0) is 50.2 Å². The Kier molecular flexibility index (Phi) is 6.59. The number of aryl methyl sites for hydroxylation is 2. The molecule has 5 rings (SSSR count). The molecule has 0 bridgehead atoms. The number of aromatic nitrogens is 1. The number of ether oxygens (including phenoxy) is 1. The molecule has 0 radical (unpaired) electrons. The molecule has 0 unspecified atom stereocenters. The zero-order valence-corrected chi connectivity index (χ0v) is 21.4. The Balaban J connectivity index is 1.56. The zero-order chi connectivity index (χ0) is 25.2. The lowest BCUT2D eigenvalue weighted by Gasteiger charge is -2.06. The van der Waals surface area contributed by atoms with Crippen LogP contribution in [-0.4, -0.2) is 18.0 Å². The van der Waals surface area contributed by atoms with Crippen molar-refractivity contribution >= 4 is 50.6 Å². The SMILES string of the molecule is COc1cccc(N=c2oc3ccc(Cl)cc3cc2C(=O)Nc2nc(-c3ccc(C)cc3)c(C)s2)c1. The number of methoxy groups -OCH3 is 1. The van der Waals surface area contributed by atoms with Gasteiger partial charge in [0.15, 0.2) is 5.13 Å². The minimum atomic E-state index is -0.383. The van der Waals surface area contributed by atoms with Crippen molar-refractivity contribution in [3.8, 4) is 17.0 Å². The van der Waals surface area contributed by atoms with E-state index in [4.69, 9.17) is 20.8 Å². The Labute approximate surface area is 216 Å². The van der Waals surface area contributed by atoms with E-state index in [9.17, 15) is 4.79 Å². The van der Waals surface area contributed by atoms with E-state index in [1.807, 2.05) is 56.3 Å². The third kappa shape index (κ3) is 5.03. The molecule has 36 heavy (non-hydrogen) atoms. The molecule has 0 aliphatic carbocycles. The van der Waals surface area contributed by atoms with Gasteiger partial charge in [0.05, 0.1) is 18.5 Å². The Bertz CT molecular complexity index is 1660. The number of anilines is 1. The number of carbonyl (C=O) groups is 1. The number of hydrogen-bond donors (Lipinski definition) is 1. The lowest BCUT2D eigenvalue weighted by Crippen LogP contribution is -2.21. The number of carbonyl (C=O) groups excluding carboxylic acids is 1. The van der Waals surface area contributed by atoms with Crippen LogP contribution in [0.4, 0.5) is 10.8 Å². The second kappa shape index (κ2) is 9.97. The lowest BCUT2D eigenvalue weighted by molar-refractivity contribution is 0.102. The average Bonchev–Trinajstić information content (AvgIpc) is 3.24. The molecular weight excluding hydrogens is 494 g/mol. The lowest BCUT2D eigenvalue weighted by atomic mass is 10.1. The maximum Gasteiger partial charge on any atom is 0.262 e. The molecule has 0 aliphatic heterocycles. The fraction of sp³-hybridized carbons (Fsp3) is 0.107. The highest BCUT2D eigenvalue weighted by molar-refractivity contribution is 7.16. The van der Waals surface area contributed by atoms with Crippen LogP contribution in [0.15, 0.2) is 82.2 Å². The Morgan fingerprint density at radius 2 is 1.86 bits per heavy atom. The van der Waals surface area contributed by atoms with E-state index in [1.54, 1.807) is 37.4 Å². The van der Waals surface area contributed by atoms with Gasteiger partial charge in [0, 0.05) is 26.9 Å². The molecule has 0 spiro atoms. The van der Waals surface area contributed by atoms with Crippen LogP contribution in [0.1, 0.15) is 20.8 Å². The number of nitrogens with zero attached hydrogens (tertiary/aromatic N) is 2. The minimum absolute atomic E-state index is 0.169. The summed E-state index contributed by atoms with van der Waals surface area (Å²) in [5.41, 5.74) is 4.59. The number of halogens is 1. The summed E-state index contributed by atoms with van der Waals surface area (Å²) in [6, 6.07) is 22.3. The quantitative estimate of drug-likeness (QED) is 0.266. The summed E-state index contributed by atoms with van der Waals surface area (Å²) in [5.74, 6) is 0.267. The first kappa shape index (κ1) is 23.8. The summed E-state index contributed by atoms with van der Waals surface area (Å²) in [6.07, 6.45) is 0. The van der Waals surface area contributed by atoms with Gasteiger partial charge in [0.1, 0.15) is 16.9 Å². The zero-order valence-electron chi connectivity index (χ0n) is 19.8. The van der Waals surface area contributed by atoms with Crippen molar-refractivity contribution < 1.29 is 13.9 Å². The predicted molar refractivity (Wildman–Crippen MR) is 144 cm³/mol. The van der Waals surface area contributed by atoms with E-state index in [0.29, 0.717) is 32.6 Å². The van der Waals surface area contributed by atoms with Crippen molar-refractivity contribution in [3.63, 3.8) is 0 Å². The number of rotatable bonds is 5. The molecule has 2 heterocycles. The number of nitrogens with one attached hydrogen (secondary N) is 1. The highest BCUT2D eigenvalue weighted by atomic mass is 35.5. The van der Waals surface area contributed by atoms with Gasteiger partial charge in [-0.2, -0.15) is 0 Å². The van der Waals surface area contributed by atoms with Crippen molar-refractivity contribution in [2.24, 2.45) is 4.99 Å². The first-order chi connectivity index (χ1) is 17.4. The Morgan fingerprint density at radius 1 is 1.06 bits per heavy atom. The monoisotopic (exact) mass is 515 g/mol. The predicted octanol–water partition coefficient (Wildman–Crippen LogP) is 7.32. The summed E-state index contributed by atoms with van der Waals surface area (Å²) in [6.45, 7) is 4.03. The third-order valence-corrected chi connectivity index (χ3v) is 6.70. The van der Waals surface area contributed by atoms with Crippen molar-refractivity contribution in [2.75, 3.05) is 12.4 Å². The van der Waals surface area contributed by atoms with Crippen molar-refractivity contribution in [1.29, 1.82) is 0 Å². The van der Waals surface area contributed by atoms with Gasteiger partial charge in [-0.15, -0.1) is 11.3 Å². The summed E-state index contributed by atoms with van der Waals surface area (Å²) < 4.78 is 11.3. The van der Waals surface area contributed by atoms with Gasteiger partial charge in [-0.3, -0.25) is 10.1 Å². The van der Waals surface area contributed by atoms with Crippen LogP contribution < -0.4 is 15.6 Å². The summed E-state index contributed by atoms with van der Waals surface area (Å²) >= 11 is 7.60. The maximum absolute atomic E-state index is 13.5. The van der Waals surface area contributed by atoms with E-state index in [0.717, 1.165) is 16.1 Å². The second-order valence-corrected chi connectivity index (χ2v) is 9.84. The van der Waals surface area contributed by atoms with E-state index in [2.05, 4.69) is 15.3 Å². The molecule has 5 aromatic rings. The van der Waals surface area contributed by atoms with Gasteiger partial charge < -0.3 is 9.15 Å². The molecule has 2 aromatic heterocycles. The molecule has 0 saturated carbocycles. The van der Waals surface area contributed by atoms with Gasteiger partial charge in [-0.25, -0.2) is 9.98 Å². The molecule has 1 N–H and O–H groups in total. The normalized spacial score (nSPS) is 11.6. The van der Waals surface area contributed by atoms with E-state index < -0.39 is 0 Å². The smallest absolute Gasteiger partial charge is 0.262 e. The molecule has 3 aromatic carbocycles. The van der Waals surface area contributed by atoms with Gasteiger partial charge in [0.25, 0.3) is 5.91 Å². The average molecular weight is 516 g/mol. The van der Waals surface area contributed by atoms with Crippen LogP contribution in [-0.2, 0) is 0 Å². The highest BCUT2D eigenvalue weighted by Crippen LogP contribution is 2.31. The second-order valence-electron chi connectivity index (χ2n) is 8.20. The van der Waals surface area contributed by atoms with Crippen LogP contribution in [0.5, 0.6) is 5.75 Å². The molecule has 0 atom stereocenters. The third-order valence-electron chi connectivity index (χ3n) is 5.58. The summed E-state index contributed by atoms with van der Waals surface area (Å²) in [7, 11) is 1.59. The van der Waals surface area contributed by atoms with Crippen molar-refractivity contribution in [3.05, 3.63) is 99.4 Å². The molecule has 0 fully saturated rings. The molecular formula is C28H22ClN3O3S. The first-order valence-corrected chi connectivity index (χ1v) is 12.4. The molecule has 1 amide bonds. The maximum atomic E-state index is 13.5. The van der Waals surface area contributed by atoms with Crippen molar-refractivity contribution in [1.82, 2.24) is 4.98 Å². The summed E-state index contributed by atoms with van der Waals surface area (Å²) in [5, 5.41) is 4.64. The number of fused-ring (bicyclic) bond motifs is 1. The first-order valence-electron chi connectivity index (χ1n) is 11.2. The largest absolute Gasteiger partial charge is 0.497 e. The topological polar surface area (TPSA) is 76.7 Å². The molecule has 6 nitrogen and oxygen atoms in total. The fourth-order valence-corrected chi connectivity index (χ4v) is 4.75. The van der Waals surface area contributed by atoms with Crippen molar-refractivity contribution in [2.45, 2.75) is 13.8 Å². The van der Waals surface area contributed by atoms with Crippen LogP contribution in [0, 0.1) is 13.8 Å². The Morgan fingerprint density at radius 3 is 2.64 bits per heavy atom. The van der Waals surface area contributed by atoms with E-state index >= 15 is 0 Å². The van der Waals surface area contributed by atoms with Crippen LogP contribution in [0.25, 0.3) is 22.2 Å². The number of amides is 1. The van der Waals surface area contributed by atoms with Gasteiger partial charge >= 0.3 is 0 Å². The standard InChI is InChI=1S/C28H22ClN3O3S/c1-16-7-9-18(10-8-16)25-17(2)36-28(31-25)32-26(33)23-14-19-13-20(29)11-12-24(19)35-27(23)30-21-5-4-6-22(15-21)34-3/h4-15H,1-3H3,(H,31,32,33). The molecule has 0 aliphatic rings. The van der Waals surface area contributed by atoms with Crippen LogP contribution >= 0.6 is 22.9 Å². The minimum Gasteiger partial charge on any atom is -0.497 e. The fourth-order valence-electron chi connectivity index (χ4n) is 3.74. The van der Waals surface area contributed by atoms with Gasteiger partial charge in [0.2, 0.25) is 5.55 Å².